The number of hydrogen-bond acceptors (Lipinski definition) is 4. The first-order valence-electron chi connectivity index (χ1n) is 5.41. The molecule has 0 radical (unpaired) electrons. The van der Waals surface area contributed by atoms with E-state index in [9.17, 15) is 0 Å². The van der Waals surface area contributed by atoms with Crippen LogP contribution in [0.2, 0.25) is 0 Å². The molecule has 1 aliphatic rings. The number of nitrogens with zero attached hydrogens (tertiary/aromatic N) is 4. The lowest BCUT2D eigenvalue weighted by molar-refractivity contribution is 0.0662. The highest BCUT2D eigenvalue weighted by Crippen LogP contribution is 2.22. The van der Waals surface area contributed by atoms with E-state index in [0.29, 0.717) is 6.04 Å². The van der Waals surface area contributed by atoms with Crippen LogP contribution in [-0.4, -0.2) is 38.4 Å². The molecule has 0 saturated carbocycles. The molecule has 0 aromatic carbocycles. The predicted octanol–water partition coefficient (Wildman–Crippen LogP) is 1.02. The minimum absolute atomic E-state index is 0.453. The van der Waals surface area contributed by atoms with Gasteiger partial charge in [0.25, 0.3) is 0 Å². The molecule has 6 nitrogen and oxygen atoms in total. The standard InChI is InChI=1S/C10H13N5O/c1-3-16-4-2-9(1)15-7-8(5-12-15)10-6-11-14-13-10/h5-7,9H,1-4H2,(H,11,13,14). The van der Waals surface area contributed by atoms with E-state index in [0.717, 1.165) is 37.3 Å². The Morgan fingerprint density at radius 3 is 2.94 bits per heavy atom. The summed E-state index contributed by atoms with van der Waals surface area (Å²) in [6.07, 6.45) is 7.60. The summed E-state index contributed by atoms with van der Waals surface area (Å²) in [7, 11) is 0. The van der Waals surface area contributed by atoms with E-state index in [1.165, 1.54) is 0 Å². The van der Waals surface area contributed by atoms with Crippen LogP contribution in [0.4, 0.5) is 0 Å². The van der Waals surface area contributed by atoms with Crippen molar-refractivity contribution >= 4 is 0 Å². The van der Waals surface area contributed by atoms with Crippen LogP contribution in [0.25, 0.3) is 11.3 Å². The molecule has 1 fully saturated rings. The second-order valence-corrected chi connectivity index (χ2v) is 3.91. The van der Waals surface area contributed by atoms with Gasteiger partial charge < -0.3 is 4.74 Å². The molecule has 0 atom stereocenters. The molecular weight excluding hydrogens is 206 g/mol. The van der Waals surface area contributed by atoms with Crippen LogP contribution in [0, 0.1) is 0 Å². The number of hydrogen-bond donors (Lipinski definition) is 1. The molecular formula is C10H13N5O. The quantitative estimate of drug-likeness (QED) is 0.818. The molecule has 2 aromatic rings. The normalized spacial score (nSPS) is 17.8. The van der Waals surface area contributed by atoms with Gasteiger partial charge in [-0.1, -0.05) is 0 Å². The van der Waals surface area contributed by atoms with Crippen LogP contribution < -0.4 is 0 Å². The smallest absolute Gasteiger partial charge is 0.115 e. The molecule has 0 bridgehead atoms. The molecule has 84 valence electrons. The lowest BCUT2D eigenvalue weighted by Gasteiger charge is -2.22. The summed E-state index contributed by atoms with van der Waals surface area (Å²) >= 11 is 0. The Kier molecular flexibility index (Phi) is 2.41. The van der Waals surface area contributed by atoms with E-state index in [1.54, 1.807) is 6.20 Å². The Morgan fingerprint density at radius 1 is 1.31 bits per heavy atom. The minimum atomic E-state index is 0.453. The molecule has 2 aromatic heterocycles. The molecule has 3 rings (SSSR count). The number of H-pyrrole nitrogens is 1. The van der Waals surface area contributed by atoms with Crippen LogP contribution in [0.1, 0.15) is 18.9 Å². The third-order valence-electron chi connectivity index (χ3n) is 2.88. The Morgan fingerprint density at radius 2 is 2.19 bits per heavy atom. The Bertz CT molecular complexity index is 443. The van der Waals surface area contributed by atoms with Gasteiger partial charge in [-0.05, 0) is 12.8 Å². The second-order valence-electron chi connectivity index (χ2n) is 3.91. The number of nitrogens with one attached hydrogen (secondary N) is 1. The van der Waals surface area contributed by atoms with Gasteiger partial charge in [0.15, 0.2) is 0 Å². The predicted molar refractivity (Wildman–Crippen MR) is 56.7 cm³/mol. The average molecular weight is 219 g/mol. The first-order chi connectivity index (χ1) is 7.93. The van der Waals surface area contributed by atoms with E-state index in [-0.39, 0.29) is 0 Å². The summed E-state index contributed by atoms with van der Waals surface area (Å²) in [5, 5.41) is 14.8. The second kappa shape index (κ2) is 4.05. The van der Waals surface area contributed by atoms with Crippen molar-refractivity contribution in [1.82, 2.24) is 25.2 Å². The molecule has 16 heavy (non-hydrogen) atoms. The summed E-state index contributed by atoms with van der Waals surface area (Å²) in [6.45, 7) is 1.65. The zero-order chi connectivity index (χ0) is 10.8. The van der Waals surface area contributed by atoms with E-state index in [4.69, 9.17) is 4.74 Å². The monoisotopic (exact) mass is 219 g/mol. The molecule has 6 heteroatoms. The minimum Gasteiger partial charge on any atom is -0.381 e. The van der Waals surface area contributed by atoms with E-state index < -0.39 is 0 Å². The lowest BCUT2D eigenvalue weighted by atomic mass is 10.1. The third kappa shape index (κ3) is 1.71. The third-order valence-corrected chi connectivity index (χ3v) is 2.88. The van der Waals surface area contributed by atoms with E-state index in [2.05, 4.69) is 20.5 Å². The molecule has 0 spiro atoms. The van der Waals surface area contributed by atoms with Crippen molar-refractivity contribution in [2.75, 3.05) is 13.2 Å². The van der Waals surface area contributed by atoms with Crippen LogP contribution in [0.15, 0.2) is 18.6 Å². The molecule has 1 aliphatic heterocycles. The van der Waals surface area contributed by atoms with Gasteiger partial charge in [-0.3, -0.25) is 4.68 Å². The maximum atomic E-state index is 5.33. The van der Waals surface area contributed by atoms with Gasteiger partial charge in [0.05, 0.1) is 18.4 Å². The first kappa shape index (κ1) is 9.53. The van der Waals surface area contributed by atoms with Crippen molar-refractivity contribution in [1.29, 1.82) is 0 Å². The topological polar surface area (TPSA) is 68.6 Å². The van der Waals surface area contributed by atoms with Crippen molar-refractivity contribution in [3.05, 3.63) is 18.6 Å². The van der Waals surface area contributed by atoms with Crippen molar-refractivity contribution in [3.63, 3.8) is 0 Å². The van der Waals surface area contributed by atoms with Crippen molar-refractivity contribution in [2.45, 2.75) is 18.9 Å². The van der Waals surface area contributed by atoms with Crippen LogP contribution in [0.5, 0.6) is 0 Å². The molecule has 3 heterocycles. The molecule has 0 amide bonds. The summed E-state index contributed by atoms with van der Waals surface area (Å²) < 4.78 is 7.34. The summed E-state index contributed by atoms with van der Waals surface area (Å²) in [5.74, 6) is 0. The van der Waals surface area contributed by atoms with Crippen LogP contribution in [-0.2, 0) is 4.74 Å². The maximum Gasteiger partial charge on any atom is 0.115 e. The summed E-state index contributed by atoms with van der Waals surface area (Å²) in [5.41, 5.74) is 1.83. The molecule has 1 saturated heterocycles. The Labute approximate surface area is 92.6 Å². The molecule has 1 N–H and O–H groups in total. The maximum absolute atomic E-state index is 5.33. The van der Waals surface area contributed by atoms with Gasteiger partial charge in [0.1, 0.15) is 5.69 Å². The number of rotatable bonds is 2. The van der Waals surface area contributed by atoms with Gasteiger partial charge in [0, 0.05) is 25.0 Å². The number of aromatic nitrogens is 5. The molecule has 0 unspecified atom stereocenters. The number of aromatic amines is 1. The number of ether oxygens (including phenoxy) is 1. The van der Waals surface area contributed by atoms with Gasteiger partial charge in [0.2, 0.25) is 0 Å². The fraction of sp³-hybridized carbons (Fsp3) is 0.500. The van der Waals surface area contributed by atoms with Gasteiger partial charge in [-0.25, -0.2) is 0 Å². The lowest BCUT2D eigenvalue weighted by Crippen LogP contribution is -2.19. The largest absolute Gasteiger partial charge is 0.381 e. The van der Waals surface area contributed by atoms with Gasteiger partial charge in [-0.2, -0.15) is 20.5 Å². The first-order valence-corrected chi connectivity index (χ1v) is 5.41. The fourth-order valence-corrected chi connectivity index (χ4v) is 1.96. The highest BCUT2D eigenvalue weighted by molar-refractivity contribution is 5.54. The van der Waals surface area contributed by atoms with Gasteiger partial charge >= 0.3 is 0 Å². The van der Waals surface area contributed by atoms with Crippen LogP contribution >= 0.6 is 0 Å². The van der Waals surface area contributed by atoms with Crippen LogP contribution in [0.3, 0.4) is 0 Å². The van der Waals surface area contributed by atoms with Crippen molar-refractivity contribution in [2.24, 2.45) is 0 Å². The highest BCUT2D eigenvalue weighted by atomic mass is 16.5. The van der Waals surface area contributed by atoms with Crippen molar-refractivity contribution < 1.29 is 4.74 Å². The van der Waals surface area contributed by atoms with Gasteiger partial charge in [-0.15, -0.1) is 0 Å². The summed E-state index contributed by atoms with van der Waals surface area (Å²) in [6, 6.07) is 0.453. The Hall–Kier alpha value is -1.69. The zero-order valence-electron chi connectivity index (χ0n) is 8.83. The Balaban J connectivity index is 1.82. The fourth-order valence-electron chi connectivity index (χ4n) is 1.96. The van der Waals surface area contributed by atoms with Crippen molar-refractivity contribution in [3.8, 4) is 11.3 Å². The SMILES string of the molecule is c1nn(C2CCOCC2)cc1-c1cn[nH]n1. The van der Waals surface area contributed by atoms with E-state index in [1.807, 2.05) is 17.1 Å². The van der Waals surface area contributed by atoms with E-state index >= 15 is 0 Å². The molecule has 0 aliphatic carbocycles. The highest BCUT2D eigenvalue weighted by Gasteiger charge is 2.17. The summed E-state index contributed by atoms with van der Waals surface area (Å²) in [4.78, 5) is 0. The average Bonchev–Trinajstić information content (AvgIpc) is 3.01. The zero-order valence-corrected chi connectivity index (χ0v) is 8.83.